The quantitative estimate of drug-likeness (QED) is 0.159. The second-order valence-corrected chi connectivity index (χ2v) is 7.31. The number of carboxylic acid groups (broad SMARTS) is 2. The van der Waals surface area contributed by atoms with Crippen LogP contribution in [0.15, 0.2) is 28.6 Å². The lowest BCUT2D eigenvalue weighted by Gasteiger charge is -2.07. The maximum absolute atomic E-state index is 10.3. The van der Waals surface area contributed by atoms with Gasteiger partial charge in [-0.25, -0.2) is 0 Å². The lowest BCUT2D eigenvalue weighted by Crippen LogP contribution is -2.32. The summed E-state index contributed by atoms with van der Waals surface area (Å²) in [6.07, 6.45) is 0.389. The first-order chi connectivity index (χ1) is 14.0. The molecule has 0 unspecified atom stereocenters. The summed E-state index contributed by atoms with van der Waals surface area (Å²) in [4.78, 5) is 31.5. The molecule has 0 fully saturated rings. The molecule has 0 bridgehead atoms. The average Bonchev–Trinajstić information content (AvgIpc) is 3.06. The van der Waals surface area contributed by atoms with E-state index < -0.39 is 29.3 Å². The first kappa shape index (κ1) is 27.2. The van der Waals surface area contributed by atoms with Crippen LogP contribution in [-0.4, -0.2) is 71.5 Å². The number of aliphatic carboxylic acids is 2. The van der Waals surface area contributed by atoms with Crippen LogP contribution < -0.4 is 16.4 Å². The maximum Gasteiger partial charge on any atom is 0.321 e. The summed E-state index contributed by atoms with van der Waals surface area (Å²) in [5.41, 5.74) is 4.84. The van der Waals surface area contributed by atoms with Crippen molar-refractivity contribution in [2.24, 2.45) is 5.73 Å². The van der Waals surface area contributed by atoms with Crippen molar-refractivity contribution in [2.75, 3.05) is 33.4 Å². The standard InChI is InChI=1S/C13H22N4O3S.C4H7NO4/c1-14-13(9-17(18)19)15-6-7-21-10-12-5-4-11(20-12)8-16(2)3;5-2(4(8)9)1-3(6)7/h4-5,9,14-15H,6-8,10H2,1-3H3;2H,1,5H2,(H,6,7)(H,8,9)/t;2-/m.0/s1. The average molecular weight is 448 g/mol. The number of carboxylic acids is 2. The fourth-order valence-electron chi connectivity index (χ4n) is 1.91. The van der Waals surface area contributed by atoms with Crippen LogP contribution in [-0.2, 0) is 21.9 Å². The Morgan fingerprint density at radius 1 is 1.37 bits per heavy atom. The second-order valence-electron chi connectivity index (χ2n) is 6.21. The molecule has 0 saturated heterocycles. The van der Waals surface area contributed by atoms with E-state index in [-0.39, 0.29) is 0 Å². The fourth-order valence-corrected chi connectivity index (χ4v) is 2.65. The zero-order valence-corrected chi connectivity index (χ0v) is 18.0. The predicted octanol–water partition coefficient (Wildman–Crippen LogP) is 0.332. The third-order valence-electron chi connectivity index (χ3n) is 3.21. The Labute approximate surface area is 178 Å². The molecule has 0 radical (unpaired) electrons. The highest BCUT2D eigenvalue weighted by Crippen LogP contribution is 2.15. The Bertz CT molecular complexity index is 708. The van der Waals surface area contributed by atoms with Crippen LogP contribution in [0.2, 0.25) is 0 Å². The Morgan fingerprint density at radius 2 is 2.00 bits per heavy atom. The lowest BCUT2D eigenvalue weighted by atomic mass is 10.2. The zero-order chi connectivity index (χ0) is 23.1. The number of nitrogens with two attached hydrogens (primary N) is 1. The van der Waals surface area contributed by atoms with Crippen molar-refractivity contribution in [3.8, 4) is 0 Å². The smallest absolute Gasteiger partial charge is 0.321 e. The molecule has 0 aliphatic heterocycles. The molecular weight excluding hydrogens is 418 g/mol. The van der Waals surface area contributed by atoms with Crippen molar-refractivity contribution >= 4 is 23.7 Å². The normalized spacial score (nSPS) is 12.0. The van der Waals surface area contributed by atoms with Crippen LogP contribution in [0.25, 0.3) is 0 Å². The van der Waals surface area contributed by atoms with Crippen molar-refractivity contribution in [1.82, 2.24) is 15.5 Å². The van der Waals surface area contributed by atoms with Gasteiger partial charge in [-0.1, -0.05) is 0 Å². The number of nitro groups is 1. The molecule has 0 spiro atoms. The van der Waals surface area contributed by atoms with Gasteiger partial charge < -0.3 is 35.9 Å². The van der Waals surface area contributed by atoms with Crippen molar-refractivity contribution in [1.29, 1.82) is 0 Å². The highest BCUT2D eigenvalue weighted by Gasteiger charge is 2.14. The van der Waals surface area contributed by atoms with Crippen LogP contribution in [0.4, 0.5) is 0 Å². The molecule has 0 aliphatic carbocycles. The van der Waals surface area contributed by atoms with Gasteiger partial charge in [-0.2, -0.15) is 11.8 Å². The highest BCUT2D eigenvalue weighted by atomic mass is 32.2. The highest BCUT2D eigenvalue weighted by molar-refractivity contribution is 7.98. The van der Waals surface area contributed by atoms with Gasteiger partial charge in [0, 0.05) is 19.3 Å². The number of carbonyl (C=O) groups is 2. The largest absolute Gasteiger partial charge is 0.481 e. The maximum atomic E-state index is 10.3. The van der Waals surface area contributed by atoms with Gasteiger partial charge in [0.15, 0.2) is 5.82 Å². The Hall–Kier alpha value is -2.77. The number of hydrogen-bond donors (Lipinski definition) is 5. The number of thioether (sulfide) groups is 1. The minimum atomic E-state index is -1.29. The van der Waals surface area contributed by atoms with E-state index in [0.29, 0.717) is 12.4 Å². The Kier molecular flexibility index (Phi) is 13.7. The Balaban J connectivity index is 0.000000787. The summed E-state index contributed by atoms with van der Waals surface area (Å²) in [5, 5.41) is 32.1. The van der Waals surface area contributed by atoms with Crippen LogP contribution in [0.3, 0.4) is 0 Å². The SMILES string of the molecule is CNC(=C[N+](=O)[O-])NCCSCc1ccc(CN(C)C)o1.N[C@@H](CC(=O)O)C(=O)O. The number of nitrogens with zero attached hydrogens (tertiary/aromatic N) is 2. The molecule has 13 heteroatoms. The van der Waals surface area contributed by atoms with E-state index in [1.165, 1.54) is 0 Å². The summed E-state index contributed by atoms with van der Waals surface area (Å²) >= 11 is 1.72. The van der Waals surface area contributed by atoms with E-state index in [4.69, 9.17) is 20.4 Å². The Morgan fingerprint density at radius 3 is 2.47 bits per heavy atom. The molecule has 30 heavy (non-hydrogen) atoms. The van der Waals surface area contributed by atoms with Gasteiger partial charge in [0.05, 0.1) is 23.6 Å². The van der Waals surface area contributed by atoms with Gasteiger partial charge in [0.2, 0.25) is 0 Å². The van der Waals surface area contributed by atoms with Gasteiger partial charge in [-0.15, -0.1) is 0 Å². The van der Waals surface area contributed by atoms with Gasteiger partial charge in [-0.05, 0) is 26.2 Å². The summed E-state index contributed by atoms with van der Waals surface area (Å²) < 4.78 is 5.70. The molecule has 6 N–H and O–H groups in total. The van der Waals surface area contributed by atoms with E-state index >= 15 is 0 Å². The number of nitrogens with one attached hydrogen (secondary N) is 2. The third kappa shape index (κ3) is 14.3. The summed E-state index contributed by atoms with van der Waals surface area (Å²) in [7, 11) is 5.64. The number of rotatable bonds is 13. The first-order valence-electron chi connectivity index (χ1n) is 8.82. The molecule has 0 amide bonds. The van der Waals surface area contributed by atoms with E-state index in [1.807, 2.05) is 26.2 Å². The summed E-state index contributed by atoms with van der Waals surface area (Å²) in [5.74, 6) is 1.45. The molecule has 1 rings (SSSR count). The minimum absolute atomic E-state index is 0.409. The van der Waals surface area contributed by atoms with Crippen LogP contribution in [0.5, 0.6) is 0 Å². The zero-order valence-electron chi connectivity index (χ0n) is 17.2. The summed E-state index contributed by atoms with van der Waals surface area (Å²) in [6, 6.07) is 2.69. The lowest BCUT2D eigenvalue weighted by molar-refractivity contribution is -0.404. The number of hydrogen-bond acceptors (Lipinski definition) is 10. The topological polar surface area (TPSA) is 184 Å². The molecule has 1 heterocycles. The predicted molar refractivity (Wildman–Crippen MR) is 112 cm³/mol. The van der Waals surface area contributed by atoms with Gasteiger partial charge in [0.25, 0.3) is 6.20 Å². The van der Waals surface area contributed by atoms with Crippen molar-refractivity contribution in [3.63, 3.8) is 0 Å². The van der Waals surface area contributed by atoms with Gasteiger partial charge in [0.1, 0.15) is 17.6 Å². The molecule has 1 atom stereocenters. The van der Waals surface area contributed by atoms with Crippen molar-refractivity contribution in [2.45, 2.75) is 24.8 Å². The third-order valence-corrected chi connectivity index (χ3v) is 4.19. The molecule has 0 aliphatic rings. The molecule has 1 aromatic rings. The minimum Gasteiger partial charge on any atom is -0.481 e. The molecule has 0 saturated carbocycles. The molecule has 1 aromatic heterocycles. The van der Waals surface area contributed by atoms with Gasteiger partial charge in [-0.3, -0.25) is 19.7 Å². The van der Waals surface area contributed by atoms with Crippen LogP contribution >= 0.6 is 11.8 Å². The van der Waals surface area contributed by atoms with Crippen molar-refractivity contribution < 1.29 is 29.1 Å². The van der Waals surface area contributed by atoms with E-state index in [9.17, 15) is 19.7 Å². The second kappa shape index (κ2) is 15.1. The molecule has 12 nitrogen and oxygen atoms in total. The van der Waals surface area contributed by atoms with Crippen LogP contribution in [0, 0.1) is 10.1 Å². The van der Waals surface area contributed by atoms with Crippen LogP contribution in [0.1, 0.15) is 17.9 Å². The van der Waals surface area contributed by atoms with Gasteiger partial charge >= 0.3 is 11.9 Å². The fraction of sp³-hybridized carbons (Fsp3) is 0.529. The summed E-state index contributed by atoms with van der Waals surface area (Å²) in [6.45, 7) is 1.44. The first-order valence-corrected chi connectivity index (χ1v) is 9.97. The monoisotopic (exact) mass is 447 g/mol. The molecule has 170 valence electrons. The van der Waals surface area contributed by atoms with E-state index in [0.717, 1.165) is 35.8 Å². The van der Waals surface area contributed by atoms with E-state index in [1.54, 1.807) is 18.8 Å². The van der Waals surface area contributed by atoms with E-state index in [2.05, 4.69) is 15.5 Å². The molecular formula is C17H29N5O7S. The van der Waals surface area contributed by atoms with Crippen molar-refractivity contribution in [3.05, 3.63) is 45.8 Å². The molecule has 0 aromatic carbocycles. The number of furan rings is 1.